The molecule has 120 valence electrons. The molecule has 0 spiro atoms. The molecule has 0 fully saturated rings. The number of carbonyl (C=O) groups is 2. The second-order valence-corrected chi connectivity index (χ2v) is 5.45. The summed E-state index contributed by atoms with van der Waals surface area (Å²) in [6.45, 7) is 6.93. The summed E-state index contributed by atoms with van der Waals surface area (Å²) in [5.41, 5.74) is 0.768. The number of carbonyl (C=O) groups excluding carboxylic acids is 2. The molecule has 0 atom stereocenters. The standard InChI is InChI=1S/C17H22O5/c1-6-22-16(19)13-8-7-12(9-11(13)2)14(15(18)21-5)10-17(3,4)20/h7-10,20H,6H2,1-5H3/b14-10-. The number of methoxy groups -OCH3 is 1. The van der Waals surface area contributed by atoms with Crippen LogP contribution in [-0.2, 0) is 14.3 Å². The van der Waals surface area contributed by atoms with Crippen molar-refractivity contribution in [2.45, 2.75) is 33.3 Å². The Hall–Kier alpha value is -2.14. The topological polar surface area (TPSA) is 72.8 Å². The Morgan fingerprint density at radius 1 is 1.32 bits per heavy atom. The molecule has 0 saturated carbocycles. The molecule has 5 heteroatoms. The lowest BCUT2D eigenvalue weighted by molar-refractivity contribution is -0.133. The van der Waals surface area contributed by atoms with Gasteiger partial charge in [0.2, 0.25) is 0 Å². The van der Waals surface area contributed by atoms with E-state index in [1.165, 1.54) is 13.2 Å². The minimum absolute atomic E-state index is 0.244. The van der Waals surface area contributed by atoms with Crippen molar-refractivity contribution in [1.29, 1.82) is 0 Å². The molecule has 0 bridgehead atoms. The van der Waals surface area contributed by atoms with E-state index in [0.29, 0.717) is 23.3 Å². The maximum atomic E-state index is 11.9. The van der Waals surface area contributed by atoms with Crippen molar-refractivity contribution in [2.24, 2.45) is 0 Å². The quantitative estimate of drug-likeness (QED) is 0.668. The zero-order valence-corrected chi connectivity index (χ0v) is 13.6. The van der Waals surface area contributed by atoms with Crippen LogP contribution in [0.25, 0.3) is 5.57 Å². The first kappa shape index (κ1) is 17.9. The lowest BCUT2D eigenvalue weighted by Gasteiger charge is -2.15. The number of esters is 2. The first-order valence-electron chi connectivity index (χ1n) is 7.01. The summed E-state index contributed by atoms with van der Waals surface area (Å²) in [7, 11) is 1.28. The molecule has 22 heavy (non-hydrogen) atoms. The molecule has 1 rings (SSSR count). The molecule has 0 heterocycles. The van der Waals surface area contributed by atoms with E-state index in [1.807, 2.05) is 0 Å². The minimum Gasteiger partial charge on any atom is -0.465 e. The van der Waals surface area contributed by atoms with E-state index in [1.54, 1.807) is 45.9 Å². The largest absolute Gasteiger partial charge is 0.465 e. The van der Waals surface area contributed by atoms with Gasteiger partial charge < -0.3 is 14.6 Å². The van der Waals surface area contributed by atoms with E-state index >= 15 is 0 Å². The Morgan fingerprint density at radius 2 is 1.95 bits per heavy atom. The van der Waals surface area contributed by atoms with Gasteiger partial charge in [-0.15, -0.1) is 0 Å². The molecule has 0 aromatic heterocycles. The molecular formula is C17H22O5. The summed E-state index contributed by atoms with van der Waals surface area (Å²) in [6.07, 6.45) is 1.43. The molecule has 1 N–H and O–H groups in total. The number of hydrogen-bond acceptors (Lipinski definition) is 5. The fraction of sp³-hybridized carbons (Fsp3) is 0.412. The van der Waals surface area contributed by atoms with Gasteiger partial charge in [-0.3, -0.25) is 0 Å². The SMILES string of the molecule is CCOC(=O)c1ccc(/C(=C/C(C)(C)O)C(=O)OC)cc1C. The predicted octanol–water partition coefficient (Wildman–Crippen LogP) is 2.50. The van der Waals surface area contributed by atoms with E-state index in [2.05, 4.69) is 0 Å². The zero-order chi connectivity index (χ0) is 16.9. The second kappa shape index (κ2) is 7.22. The highest BCUT2D eigenvalue weighted by Gasteiger charge is 2.20. The highest BCUT2D eigenvalue weighted by molar-refractivity contribution is 6.16. The summed E-state index contributed by atoms with van der Waals surface area (Å²) < 4.78 is 9.73. The lowest BCUT2D eigenvalue weighted by atomic mass is 9.96. The van der Waals surface area contributed by atoms with Crippen molar-refractivity contribution in [3.05, 3.63) is 41.0 Å². The van der Waals surface area contributed by atoms with Crippen molar-refractivity contribution < 1.29 is 24.2 Å². The molecule has 5 nitrogen and oxygen atoms in total. The smallest absolute Gasteiger partial charge is 0.338 e. The Balaban J connectivity index is 3.29. The van der Waals surface area contributed by atoms with E-state index in [0.717, 1.165) is 0 Å². The Kier molecular flexibility index (Phi) is 5.88. The molecular weight excluding hydrogens is 284 g/mol. The summed E-state index contributed by atoms with van der Waals surface area (Å²) in [4.78, 5) is 23.7. The van der Waals surface area contributed by atoms with Crippen LogP contribution >= 0.6 is 0 Å². The van der Waals surface area contributed by atoms with E-state index in [-0.39, 0.29) is 5.57 Å². The summed E-state index contributed by atoms with van der Waals surface area (Å²) >= 11 is 0. The highest BCUT2D eigenvalue weighted by atomic mass is 16.5. The van der Waals surface area contributed by atoms with Crippen LogP contribution < -0.4 is 0 Å². The number of aryl methyl sites for hydroxylation is 1. The van der Waals surface area contributed by atoms with Crippen LogP contribution in [0.3, 0.4) is 0 Å². The second-order valence-electron chi connectivity index (χ2n) is 5.45. The van der Waals surface area contributed by atoms with Crippen LogP contribution in [0.2, 0.25) is 0 Å². The Labute approximate surface area is 130 Å². The molecule has 1 aromatic carbocycles. The van der Waals surface area contributed by atoms with Gasteiger partial charge in [-0.25, -0.2) is 9.59 Å². The minimum atomic E-state index is -1.17. The average Bonchev–Trinajstić information content (AvgIpc) is 2.43. The zero-order valence-electron chi connectivity index (χ0n) is 13.6. The third kappa shape index (κ3) is 4.70. The monoisotopic (exact) mass is 306 g/mol. The van der Waals surface area contributed by atoms with Crippen LogP contribution in [0.1, 0.15) is 42.3 Å². The van der Waals surface area contributed by atoms with E-state index in [9.17, 15) is 14.7 Å². The van der Waals surface area contributed by atoms with E-state index in [4.69, 9.17) is 9.47 Å². The third-order valence-corrected chi connectivity index (χ3v) is 2.94. The van der Waals surface area contributed by atoms with Gasteiger partial charge in [0.1, 0.15) is 0 Å². The Bertz CT molecular complexity index is 594. The fourth-order valence-electron chi connectivity index (χ4n) is 1.99. The summed E-state index contributed by atoms with van der Waals surface area (Å²) in [6, 6.07) is 4.93. The van der Waals surface area contributed by atoms with Crippen LogP contribution in [0.5, 0.6) is 0 Å². The van der Waals surface area contributed by atoms with Gasteiger partial charge in [0.05, 0.1) is 30.5 Å². The molecule has 0 radical (unpaired) electrons. The van der Waals surface area contributed by atoms with Gasteiger partial charge in [0.25, 0.3) is 0 Å². The highest BCUT2D eigenvalue weighted by Crippen LogP contribution is 2.23. The molecule has 1 aromatic rings. The molecule has 0 unspecified atom stereocenters. The van der Waals surface area contributed by atoms with Crippen molar-refractivity contribution in [1.82, 2.24) is 0 Å². The number of rotatable bonds is 5. The first-order chi connectivity index (χ1) is 10.2. The van der Waals surface area contributed by atoms with Crippen LogP contribution in [-0.4, -0.2) is 36.4 Å². The van der Waals surface area contributed by atoms with Crippen LogP contribution in [0.15, 0.2) is 24.3 Å². The van der Waals surface area contributed by atoms with Crippen molar-refractivity contribution in [2.75, 3.05) is 13.7 Å². The maximum absolute atomic E-state index is 11.9. The molecule has 0 aliphatic carbocycles. The van der Waals surface area contributed by atoms with Gasteiger partial charge in [-0.1, -0.05) is 12.1 Å². The predicted molar refractivity (Wildman–Crippen MR) is 83.4 cm³/mol. The summed E-state index contributed by atoms with van der Waals surface area (Å²) in [5.74, 6) is -0.956. The van der Waals surface area contributed by atoms with E-state index < -0.39 is 17.5 Å². The van der Waals surface area contributed by atoms with Crippen LogP contribution in [0.4, 0.5) is 0 Å². The van der Waals surface area contributed by atoms with Gasteiger partial charge >= 0.3 is 11.9 Å². The Morgan fingerprint density at radius 3 is 2.41 bits per heavy atom. The van der Waals surface area contributed by atoms with Gasteiger partial charge in [0.15, 0.2) is 0 Å². The van der Waals surface area contributed by atoms with Gasteiger partial charge in [-0.2, -0.15) is 0 Å². The van der Waals surface area contributed by atoms with Crippen molar-refractivity contribution >= 4 is 17.5 Å². The number of benzene rings is 1. The molecule has 0 amide bonds. The molecule has 0 aliphatic rings. The third-order valence-electron chi connectivity index (χ3n) is 2.94. The number of hydrogen-bond donors (Lipinski definition) is 1. The molecule has 0 aliphatic heterocycles. The van der Waals surface area contributed by atoms with Gasteiger partial charge in [-0.05, 0) is 51.0 Å². The van der Waals surface area contributed by atoms with Crippen LogP contribution in [0, 0.1) is 6.92 Å². The van der Waals surface area contributed by atoms with Gasteiger partial charge in [0, 0.05) is 0 Å². The number of ether oxygens (including phenoxy) is 2. The molecule has 0 saturated heterocycles. The fourth-order valence-corrected chi connectivity index (χ4v) is 1.99. The average molecular weight is 306 g/mol. The normalized spacial score (nSPS) is 12.0. The van der Waals surface area contributed by atoms with Crippen molar-refractivity contribution in [3.63, 3.8) is 0 Å². The van der Waals surface area contributed by atoms with Crippen molar-refractivity contribution in [3.8, 4) is 0 Å². The maximum Gasteiger partial charge on any atom is 0.338 e. The lowest BCUT2D eigenvalue weighted by Crippen LogP contribution is -2.18. The number of aliphatic hydroxyl groups is 1. The summed E-state index contributed by atoms with van der Waals surface area (Å²) in [5, 5.41) is 9.92. The first-order valence-corrected chi connectivity index (χ1v) is 7.01.